The number of ketones is 2. The number of allylic oxidation sites excluding steroid dienone is 2. The van der Waals surface area contributed by atoms with E-state index in [-0.39, 0.29) is 129 Å². The average Bonchev–Trinajstić information content (AvgIpc) is 0.985. The summed E-state index contributed by atoms with van der Waals surface area (Å²) in [6.07, 6.45) is 6.07. The third-order valence-electron chi connectivity index (χ3n) is 13.9. The summed E-state index contributed by atoms with van der Waals surface area (Å²) in [4.78, 5) is 77.6. The number of aryl methyl sites for hydroxylation is 2. The first kappa shape index (κ1) is 76.2. The van der Waals surface area contributed by atoms with E-state index in [1.807, 2.05) is 19.9 Å². The van der Waals surface area contributed by atoms with E-state index in [0.29, 0.717) is 56.2 Å². The second kappa shape index (κ2) is 33.7. The number of methoxy groups -OCH3 is 4. The van der Waals surface area contributed by atoms with Crippen LogP contribution in [0.5, 0.6) is 23.0 Å². The van der Waals surface area contributed by atoms with Gasteiger partial charge in [-0.15, -0.1) is 0 Å². The van der Waals surface area contributed by atoms with Gasteiger partial charge in [-0.2, -0.15) is 0 Å². The molecule has 4 N–H and O–H groups in total. The molecule has 2 aliphatic carbocycles. The van der Waals surface area contributed by atoms with Gasteiger partial charge in [-0.05, 0) is 149 Å². The van der Waals surface area contributed by atoms with Crippen LogP contribution in [0.3, 0.4) is 0 Å². The minimum Gasteiger partial charge on any atom is -0.693 e. The van der Waals surface area contributed by atoms with E-state index in [0.717, 1.165) is 40.6 Å². The molecule has 0 radical (unpaired) electrons. The summed E-state index contributed by atoms with van der Waals surface area (Å²) in [6.45, 7) is 21.1. The smallest absolute Gasteiger partial charge is 0.495 e. The van der Waals surface area contributed by atoms with Crippen molar-refractivity contribution in [3.8, 4) is 23.0 Å². The lowest BCUT2D eigenvalue weighted by molar-refractivity contribution is -0.114. The molecule has 2 aliphatic rings. The lowest BCUT2D eigenvalue weighted by Gasteiger charge is -2.20. The Morgan fingerprint density at radius 2 is 0.944 bits per heavy atom. The maximum absolute atomic E-state index is 14.0. The van der Waals surface area contributed by atoms with Crippen molar-refractivity contribution in [3.63, 3.8) is 0 Å². The van der Waals surface area contributed by atoms with Gasteiger partial charge in [-0.25, -0.2) is 9.59 Å². The molecule has 0 unspecified atom stereocenters. The third-order valence-corrected chi connectivity index (χ3v) is 18.0. The lowest BCUT2D eigenvalue weighted by Crippen LogP contribution is -2.41. The van der Waals surface area contributed by atoms with Gasteiger partial charge in [0.25, 0.3) is 0 Å². The monoisotopic (exact) mass is 1330 g/mol. The van der Waals surface area contributed by atoms with Crippen LogP contribution in [-0.4, -0.2) is 126 Å². The van der Waals surface area contributed by atoms with Crippen LogP contribution < -0.4 is 35.3 Å². The number of nitrogens with two attached hydrogens (primary N) is 1. The molecule has 0 fully saturated rings. The fourth-order valence-electron chi connectivity index (χ4n) is 8.92. The highest BCUT2D eigenvalue weighted by Crippen LogP contribution is 2.38. The van der Waals surface area contributed by atoms with Crippen molar-refractivity contribution in [3.05, 3.63) is 141 Å². The molecule has 21 nitrogen and oxygen atoms in total. The molecule has 2 heterocycles. The van der Waals surface area contributed by atoms with Crippen molar-refractivity contribution in [1.29, 1.82) is 0 Å². The summed E-state index contributed by atoms with van der Waals surface area (Å²) in [6, 6.07) is 12.1. The highest BCUT2D eigenvalue weighted by atomic mass is 79.9. The summed E-state index contributed by atoms with van der Waals surface area (Å²) in [7, 11) is 1.32. The molecule has 484 valence electrons. The van der Waals surface area contributed by atoms with Gasteiger partial charge < -0.3 is 72.4 Å². The number of fused-ring (bicyclic) bond motifs is 4. The zero-order valence-corrected chi connectivity index (χ0v) is 55.2. The Balaban J connectivity index is 0.000000370. The summed E-state index contributed by atoms with van der Waals surface area (Å²) >= 11 is 3.26. The molecule has 0 bridgehead atoms. The van der Waals surface area contributed by atoms with E-state index in [9.17, 15) is 38.8 Å². The molecule has 0 saturated carbocycles. The van der Waals surface area contributed by atoms with E-state index < -0.39 is 46.1 Å². The van der Waals surface area contributed by atoms with Gasteiger partial charge >= 0.3 is 19.1 Å². The molecule has 0 atom stereocenters. The van der Waals surface area contributed by atoms with Crippen molar-refractivity contribution < 1.29 is 85.4 Å². The van der Waals surface area contributed by atoms with Crippen molar-refractivity contribution in [2.75, 3.05) is 68.8 Å². The number of Topliss-reactive ketones (excluding diaryl/α,β-unsaturated/α-hetero) is 2. The molecule has 4 aromatic carbocycles. The molecular formula is C64H84BBrNO20Si2-. The first-order valence-corrected chi connectivity index (χ1v) is 35.6. The normalized spacial score (nSPS) is 12.4. The second-order valence-corrected chi connectivity index (χ2v) is 34.9. The molecule has 2 aromatic heterocycles. The molecule has 89 heavy (non-hydrogen) atoms. The number of halogens is 1. The Hall–Kier alpha value is -7.04. The lowest BCUT2D eigenvalue weighted by atomic mass is 9.80. The Bertz CT molecular complexity index is 3710. The molecule has 0 aliphatic heterocycles. The summed E-state index contributed by atoms with van der Waals surface area (Å²) in [5, 5.41) is 18.8. The molecule has 0 saturated heterocycles. The van der Waals surface area contributed by atoms with Gasteiger partial charge in [-0.1, -0.05) is 54.1 Å². The number of rotatable bonds is 22. The predicted molar refractivity (Wildman–Crippen MR) is 354 cm³/mol. The quantitative estimate of drug-likeness (QED) is 0.0362. The molecule has 25 heteroatoms. The number of benzene rings is 4. The summed E-state index contributed by atoms with van der Waals surface area (Å²) in [5.41, 5.74) is 5.65. The Kier molecular flexibility index (Phi) is 28.8. The fourth-order valence-corrected chi connectivity index (χ4v) is 10.7. The van der Waals surface area contributed by atoms with Crippen molar-refractivity contribution in [2.24, 2.45) is 0 Å². The zero-order chi connectivity index (χ0) is 63.4. The van der Waals surface area contributed by atoms with Gasteiger partial charge in [0.2, 0.25) is 5.43 Å². The number of ether oxygens (including phenoxy) is 10. The molecule has 0 spiro atoms. The number of carbonyl (C=O) groups is 4. The number of hydrogen-bond donors (Lipinski definition) is 2. The molecule has 8 rings (SSSR count). The Morgan fingerprint density at radius 3 is 1.35 bits per heavy atom. The standard InChI is InChI=1S/C31H36O9Si.C17H23BO6Si.C14H15BrO5.2CH4.H2N/c1-18-10-27-29(28(19(18)2)31(34)37-8-9-41(5,6)7)30(33)23(15-38-27)22-11-20-13-25(39-16-35-3)26(40-17-36-4)14-21(20)12-24(22)32;1-10-8-13-15(16(19)12(9-24-13)18(21)22)14(11(10)2)17(20)23-6-7-25(3,4)5;1-17-7-19-13-5-9-3-11(15)12(16)4-10(9)6-14(13)20-8-18-2;;;/h10-11,13-15H,8-9,12,16-17H2,1-7H3;8-9,21-22H,6-7H2,1-5H3;3,5-6H,4,7-8H2,1-2H3;2*1H4;1H2/q;;;;;-1. The van der Waals surface area contributed by atoms with E-state index in [1.165, 1.54) is 27.6 Å². The minimum absolute atomic E-state index is 0. The largest absolute Gasteiger partial charge is 0.693 e. The van der Waals surface area contributed by atoms with Gasteiger partial charge in [0.1, 0.15) is 17.4 Å². The number of esters is 2. The maximum Gasteiger partial charge on any atom is 0.495 e. The summed E-state index contributed by atoms with van der Waals surface area (Å²) in [5.74, 6) is 0.484. The highest BCUT2D eigenvalue weighted by Gasteiger charge is 2.30. The second-order valence-electron chi connectivity index (χ2n) is 22.8. The Morgan fingerprint density at radius 1 is 0.562 bits per heavy atom. The molecule has 0 amide bonds. The number of carbonyl (C=O) groups excluding carboxylic acids is 4. The summed E-state index contributed by atoms with van der Waals surface area (Å²) < 4.78 is 64.9. The number of hydrogen-bond acceptors (Lipinski definition) is 20. The van der Waals surface area contributed by atoms with Crippen molar-refractivity contribution >= 4 is 108 Å². The van der Waals surface area contributed by atoms with E-state index in [4.69, 9.17) is 56.2 Å². The molecule has 6 aromatic rings. The SMILES string of the molecule is C.C.COCOc1cc2c(cc1OCOC)CC(=O)C(Br)=C2.COCOc1cc2c(cc1OCOC)CC(=O)C(c1coc3cc(C)c(C)c(C(=O)OCC[Si](C)(C)C)c3c1=O)=C2.Cc1cc2occ(B(O)O)c(=O)c2c(C(=O)OCC[Si](C)(C)C)c1C.[NH2-]. The Labute approximate surface area is 530 Å². The fraction of sp³-hybridized carbons (Fsp3) is 0.406. The maximum atomic E-state index is 14.0. The van der Waals surface area contributed by atoms with Crippen LogP contribution in [0.4, 0.5) is 0 Å². The topological polar surface area (TPSA) is 295 Å². The van der Waals surface area contributed by atoms with E-state index in [1.54, 1.807) is 63.4 Å². The highest BCUT2D eigenvalue weighted by molar-refractivity contribution is 9.12. The minimum atomic E-state index is -1.97. The van der Waals surface area contributed by atoms with Crippen LogP contribution in [0.25, 0.3) is 45.8 Å². The van der Waals surface area contributed by atoms with Crippen LogP contribution >= 0.6 is 15.9 Å². The van der Waals surface area contributed by atoms with Crippen LogP contribution in [0.1, 0.15) is 85.6 Å². The molecular weight excluding hydrogens is 1250 g/mol. The van der Waals surface area contributed by atoms with Gasteiger partial charge in [0.05, 0.1) is 56.9 Å². The van der Waals surface area contributed by atoms with Crippen LogP contribution in [0.15, 0.2) is 71.8 Å². The van der Waals surface area contributed by atoms with Crippen LogP contribution in [0, 0.1) is 27.7 Å². The predicted octanol–water partition coefficient (Wildman–Crippen LogP) is 11.6. The van der Waals surface area contributed by atoms with Gasteiger partial charge in [0, 0.05) is 63.0 Å². The van der Waals surface area contributed by atoms with E-state index in [2.05, 4.69) is 55.2 Å². The first-order chi connectivity index (χ1) is 40.6. The first-order valence-electron chi connectivity index (χ1n) is 27.4. The van der Waals surface area contributed by atoms with Crippen molar-refractivity contribution in [1.82, 2.24) is 0 Å². The van der Waals surface area contributed by atoms with Crippen molar-refractivity contribution in [2.45, 2.75) is 107 Å². The average molecular weight is 1330 g/mol. The van der Waals surface area contributed by atoms with E-state index >= 15 is 0 Å². The van der Waals surface area contributed by atoms with Crippen LogP contribution in [0.2, 0.25) is 51.4 Å². The van der Waals surface area contributed by atoms with Gasteiger partial charge in [0.15, 0.2) is 67.2 Å². The van der Waals surface area contributed by atoms with Crippen LogP contribution in [-0.2, 0) is 50.9 Å². The van der Waals surface area contributed by atoms with Gasteiger partial charge in [-0.3, -0.25) is 19.2 Å². The zero-order valence-electron chi connectivity index (χ0n) is 51.6. The third kappa shape index (κ3) is 19.5.